The number of rotatable bonds is 3. The van der Waals surface area contributed by atoms with E-state index in [0.717, 1.165) is 4.90 Å². The van der Waals surface area contributed by atoms with Crippen LogP contribution in [0.15, 0.2) is 28.3 Å². The van der Waals surface area contributed by atoms with Crippen molar-refractivity contribution in [3.8, 4) is 0 Å². The van der Waals surface area contributed by atoms with E-state index in [1.54, 1.807) is 19.2 Å². The second kappa shape index (κ2) is 4.42. The minimum Gasteiger partial charge on any atom is -0.478 e. The molecule has 3 N–H and O–H groups in total. The molecular weight excluding hydrogens is 242 g/mol. The summed E-state index contributed by atoms with van der Waals surface area (Å²) >= 11 is 1.27. The van der Waals surface area contributed by atoms with Crippen LogP contribution >= 0.6 is 11.8 Å². The second-order valence-corrected chi connectivity index (χ2v) is 4.28. The van der Waals surface area contributed by atoms with Crippen molar-refractivity contribution in [1.82, 2.24) is 20.2 Å². The molecule has 8 heteroatoms. The van der Waals surface area contributed by atoms with Gasteiger partial charge >= 0.3 is 5.97 Å². The van der Waals surface area contributed by atoms with Crippen LogP contribution in [-0.2, 0) is 7.05 Å². The van der Waals surface area contributed by atoms with Crippen LogP contribution in [0.2, 0.25) is 0 Å². The molecule has 0 saturated carbocycles. The highest BCUT2D eigenvalue weighted by Gasteiger charge is 2.11. The third kappa shape index (κ3) is 2.36. The van der Waals surface area contributed by atoms with Gasteiger partial charge in [-0.15, -0.1) is 5.10 Å². The van der Waals surface area contributed by atoms with Crippen molar-refractivity contribution in [3.05, 3.63) is 23.8 Å². The normalized spacial score (nSPS) is 10.4. The molecule has 7 nitrogen and oxygen atoms in total. The molecular formula is C9H9N5O2S. The molecule has 88 valence electrons. The van der Waals surface area contributed by atoms with Crippen molar-refractivity contribution >= 4 is 23.4 Å². The zero-order valence-corrected chi connectivity index (χ0v) is 9.68. The van der Waals surface area contributed by atoms with Gasteiger partial charge in [-0.05, 0) is 40.4 Å². The summed E-state index contributed by atoms with van der Waals surface area (Å²) in [7, 11) is 1.71. The van der Waals surface area contributed by atoms with Crippen LogP contribution in [0.25, 0.3) is 0 Å². The summed E-state index contributed by atoms with van der Waals surface area (Å²) < 4.78 is 1.50. The molecule has 0 amide bonds. The molecule has 0 spiro atoms. The van der Waals surface area contributed by atoms with Crippen LogP contribution in [0.3, 0.4) is 0 Å². The Morgan fingerprint density at radius 1 is 1.53 bits per heavy atom. The smallest absolute Gasteiger partial charge is 0.337 e. The first kappa shape index (κ1) is 11.4. The highest BCUT2D eigenvalue weighted by Crippen LogP contribution is 2.27. The van der Waals surface area contributed by atoms with E-state index >= 15 is 0 Å². The third-order valence-electron chi connectivity index (χ3n) is 2.05. The number of carboxylic acids is 1. The number of aromatic carboxylic acids is 1. The zero-order chi connectivity index (χ0) is 12.4. The first-order chi connectivity index (χ1) is 8.08. The number of aryl methyl sites for hydroxylation is 1. The molecule has 0 fully saturated rings. The first-order valence-electron chi connectivity index (χ1n) is 4.61. The van der Waals surface area contributed by atoms with E-state index in [1.807, 2.05) is 0 Å². The quantitative estimate of drug-likeness (QED) is 0.771. The van der Waals surface area contributed by atoms with Gasteiger partial charge < -0.3 is 10.8 Å². The fraction of sp³-hybridized carbons (Fsp3) is 0.111. The van der Waals surface area contributed by atoms with E-state index < -0.39 is 5.97 Å². The lowest BCUT2D eigenvalue weighted by Gasteiger charge is -2.03. The summed E-state index contributed by atoms with van der Waals surface area (Å²) in [4.78, 5) is 11.6. The fourth-order valence-electron chi connectivity index (χ4n) is 1.20. The highest BCUT2D eigenvalue weighted by atomic mass is 32.2. The van der Waals surface area contributed by atoms with E-state index in [9.17, 15) is 4.79 Å². The van der Waals surface area contributed by atoms with E-state index in [1.165, 1.54) is 22.5 Å². The highest BCUT2D eigenvalue weighted by molar-refractivity contribution is 7.99. The van der Waals surface area contributed by atoms with Crippen LogP contribution in [0, 0.1) is 0 Å². The third-order valence-corrected chi connectivity index (χ3v) is 3.06. The number of carbonyl (C=O) groups is 1. The average Bonchev–Trinajstić information content (AvgIpc) is 2.67. The summed E-state index contributed by atoms with van der Waals surface area (Å²) in [6.07, 6.45) is 0. The lowest BCUT2D eigenvalue weighted by Crippen LogP contribution is -2.02. The molecule has 1 aromatic carbocycles. The molecule has 1 heterocycles. The molecule has 17 heavy (non-hydrogen) atoms. The van der Waals surface area contributed by atoms with Crippen LogP contribution in [0.4, 0.5) is 5.69 Å². The van der Waals surface area contributed by atoms with E-state index in [0.29, 0.717) is 5.16 Å². The maximum atomic E-state index is 10.9. The Kier molecular flexibility index (Phi) is 2.96. The van der Waals surface area contributed by atoms with Crippen LogP contribution in [0.5, 0.6) is 0 Å². The lowest BCUT2D eigenvalue weighted by molar-refractivity contribution is 0.0698. The predicted molar refractivity (Wildman–Crippen MR) is 60.7 cm³/mol. The van der Waals surface area contributed by atoms with Gasteiger partial charge in [0.1, 0.15) is 0 Å². The number of carboxylic acid groups (broad SMARTS) is 1. The summed E-state index contributed by atoms with van der Waals surface area (Å²) in [5.41, 5.74) is 5.87. The number of nitrogens with two attached hydrogens (primary N) is 1. The number of anilines is 1. The zero-order valence-electron chi connectivity index (χ0n) is 8.86. The van der Waals surface area contributed by atoms with Crippen LogP contribution in [0.1, 0.15) is 10.4 Å². The summed E-state index contributed by atoms with van der Waals surface area (Å²) in [6, 6.07) is 4.77. The van der Waals surface area contributed by atoms with E-state index in [-0.39, 0.29) is 11.3 Å². The molecule has 2 rings (SSSR count). The Hall–Kier alpha value is -2.09. The van der Waals surface area contributed by atoms with Gasteiger partial charge in [-0.3, -0.25) is 0 Å². The minimum absolute atomic E-state index is 0.0742. The van der Waals surface area contributed by atoms with Crippen molar-refractivity contribution in [1.29, 1.82) is 0 Å². The van der Waals surface area contributed by atoms with Gasteiger partial charge in [0.15, 0.2) is 0 Å². The van der Waals surface area contributed by atoms with Crippen molar-refractivity contribution in [2.45, 2.75) is 10.1 Å². The molecule has 0 atom stereocenters. The number of aromatic nitrogens is 4. The standard InChI is InChI=1S/C9H9N5O2S/c1-14-9(11-12-13-14)17-5-2-3-7(10)6(4-5)8(15)16/h2-4H,10H2,1H3,(H,15,16). The SMILES string of the molecule is Cn1nnnc1Sc1ccc(N)c(C(=O)O)c1. The van der Waals surface area contributed by atoms with Crippen molar-refractivity contribution < 1.29 is 9.90 Å². The first-order valence-corrected chi connectivity index (χ1v) is 5.42. The van der Waals surface area contributed by atoms with Crippen molar-refractivity contribution in [2.24, 2.45) is 7.05 Å². The Morgan fingerprint density at radius 3 is 2.88 bits per heavy atom. The Bertz CT molecular complexity index is 568. The summed E-state index contributed by atoms with van der Waals surface area (Å²) in [5.74, 6) is -1.05. The topological polar surface area (TPSA) is 107 Å². The van der Waals surface area contributed by atoms with Gasteiger partial charge in [-0.2, -0.15) is 0 Å². The molecule has 0 bridgehead atoms. The van der Waals surface area contributed by atoms with Gasteiger partial charge in [-0.25, -0.2) is 9.48 Å². The number of nitrogen functional groups attached to an aromatic ring is 1. The molecule has 0 aliphatic rings. The van der Waals surface area contributed by atoms with Crippen molar-refractivity contribution in [2.75, 3.05) is 5.73 Å². The predicted octanol–water partition coefficient (Wildman–Crippen LogP) is 0.642. The Labute approximate surface area is 101 Å². The van der Waals surface area contributed by atoms with E-state index in [2.05, 4.69) is 15.5 Å². The summed E-state index contributed by atoms with van der Waals surface area (Å²) in [6.45, 7) is 0. The maximum Gasteiger partial charge on any atom is 0.337 e. The molecule has 0 saturated heterocycles. The van der Waals surface area contributed by atoms with Gasteiger partial charge in [-0.1, -0.05) is 0 Å². The molecule has 1 aromatic heterocycles. The average molecular weight is 251 g/mol. The van der Waals surface area contributed by atoms with Gasteiger partial charge in [0.2, 0.25) is 5.16 Å². The van der Waals surface area contributed by atoms with Gasteiger partial charge in [0.05, 0.1) is 5.56 Å². The number of nitrogens with zero attached hydrogens (tertiary/aromatic N) is 4. The van der Waals surface area contributed by atoms with Crippen LogP contribution in [-0.4, -0.2) is 31.3 Å². The largest absolute Gasteiger partial charge is 0.478 e. The summed E-state index contributed by atoms with van der Waals surface area (Å²) in [5, 5.41) is 20.5. The lowest BCUT2D eigenvalue weighted by atomic mass is 10.2. The minimum atomic E-state index is -1.05. The molecule has 0 radical (unpaired) electrons. The maximum absolute atomic E-state index is 10.9. The monoisotopic (exact) mass is 251 g/mol. The Morgan fingerprint density at radius 2 is 2.29 bits per heavy atom. The second-order valence-electron chi connectivity index (χ2n) is 3.24. The number of benzene rings is 1. The molecule has 2 aromatic rings. The molecule has 0 aliphatic carbocycles. The molecule has 0 aliphatic heterocycles. The Balaban J connectivity index is 2.32. The van der Waals surface area contributed by atoms with E-state index in [4.69, 9.17) is 10.8 Å². The van der Waals surface area contributed by atoms with Crippen molar-refractivity contribution in [3.63, 3.8) is 0 Å². The fourth-order valence-corrected chi connectivity index (χ4v) is 1.97. The van der Waals surface area contributed by atoms with Gasteiger partial charge in [0, 0.05) is 17.6 Å². The number of hydrogen-bond donors (Lipinski definition) is 2. The van der Waals surface area contributed by atoms with Gasteiger partial charge in [0.25, 0.3) is 0 Å². The molecule has 0 unspecified atom stereocenters. The number of tetrazole rings is 1. The number of hydrogen-bond acceptors (Lipinski definition) is 6. The van der Waals surface area contributed by atoms with Crippen LogP contribution < -0.4 is 5.73 Å².